The zero-order valence-corrected chi connectivity index (χ0v) is 21.8. The van der Waals surface area contributed by atoms with Crippen LogP contribution in [0.4, 0.5) is 5.69 Å². The molecule has 192 valence electrons. The van der Waals surface area contributed by atoms with E-state index < -0.39 is 19.6 Å². The van der Waals surface area contributed by atoms with E-state index in [9.17, 15) is 9.36 Å². The van der Waals surface area contributed by atoms with E-state index in [-0.39, 0.29) is 6.61 Å². The highest BCUT2D eigenvalue weighted by Gasteiger charge is 2.34. The SMILES string of the molecule is CCOP(=O)(Nc1cc2c(cc1OC)CCC=C2c1cc(OC)c(OC)c(OC)c1)C(=O)CN=[N+]=[N-]. The van der Waals surface area contributed by atoms with Crippen molar-refractivity contribution in [2.75, 3.05) is 46.7 Å². The smallest absolute Gasteiger partial charge is 0.359 e. The highest BCUT2D eigenvalue weighted by atomic mass is 31.2. The average Bonchev–Trinajstić information content (AvgIpc) is 2.90. The van der Waals surface area contributed by atoms with E-state index in [0.29, 0.717) is 28.7 Å². The Hall–Kier alpha value is -3.65. The maximum atomic E-state index is 13.4. The molecule has 0 bridgehead atoms. The maximum Gasteiger partial charge on any atom is 0.359 e. The summed E-state index contributed by atoms with van der Waals surface area (Å²) in [6, 6.07) is 7.33. The average molecular weight is 516 g/mol. The van der Waals surface area contributed by atoms with Gasteiger partial charge in [-0.15, -0.1) is 0 Å². The van der Waals surface area contributed by atoms with Crippen LogP contribution in [0.25, 0.3) is 16.0 Å². The first kappa shape index (κ1) is 26.9. The van der Waals surface area contributed by atoms with Crippen molar-refractivity contribution in [3.8, 4) is 23.0 Å². The minimum absolute atomic E-state index is 0.0101. The number of hydrogen-bond donors (Lipinski definition) is 1. The maximum absolute atomic E-state index is 13.4. The normalized spacial score (nSPS) is 13.9. The van der Waals surface area contributed by atoms with Crippen molar-refractivity contribution in [2.45, 2.75) is 19.8 Å². The Morgan fingerprint density at radius 3 is 2.28 bits per heavy atom. The van der Waals surface area contributed by atoms with Crippen LogP contribution in [0.2, 0.25) is 0 Å². The van der Waals surface area contributed by atoms with Crippen LogP contribution in [0.15, 0.2) is 35.5 Å². The van der Waals surface area contributed by atoms with Crippen molar-refractivity contribution >= 4 is 24.3 Å². The number of hydrogen-bond acceptors (Lipinski definition) is 8. The van der Waals surface area contributed by atoms with Gasteiger partial charge < -0.3 is 28.6 Å². The molecule has 3 rings (SSSR count). The highest BCUT2D eigenvalue weighted by Crippen LogP contribution is 2.51. The number of carbonyl (C=O) groups excluding carboxylic acids is 1. The molecule has 1 aliphatic carbocycles. The molecular formula is C24H29N4O7P. The summed E-state index contributed by atoms with van der Waals surface area (Å²) in [5.41, 5.74) is 11.6. The lowest BCUT2D eigenvalue weighted by Gasteiger charge is -2.24. The number of azide groups is 1. The predicted molar refractivity (Wildman–Crippen MR) is 136 cm³/mol. The fraction of sp³-hybridized carbons (Fsp3) is 0.375. The first-order chi connectivity index (χ1) is 17.3. The summed E-state index contributed by atoms with van der Waals surface area (Å²) >= 11 is 0. The Balaban J connectivity index is 2.13. The molecule has 0 saturated carbocycles. The van der Waals surface area contributed by atoms with E-state index in [2.05, 4.69) is 21.2 Å². The Kier molecular flexibility index (Phi) is 8.88. The van der Waals surface area contributed by atoms with Crippen molar-refractivity contribution in [3.05, 3.63) is 57.5 Å². The molecule has 1 aliphatic rings. The number of carbonyl (C=O) groups is 1. The summed E-state index contributed by atoms with van der Waals surface area (Å²) in [6.45, 7) is 1.02. The molecule has 2 aromatic carbocycles. The number of nitrogens with zero attached hydrogens (tertiary/aromatic N) is 3. The molecule has 1 unspecified atom stereocenters. The number of allylic oxidation sites excluding steroid dienone is 1. The van der Waals surface area contributed by atoms with Crippen LogP contribution >= 0.6 is 7.52 Å². The van der Waals surface area contributed by atoms with Crippen LogP contribution < -0.4 is 24.0 Å². The zero-order valence-electron chi connectivity index (χ0n) is 20.9. The highest BCUT2D eigenvalue weighted by molar-refractivity contribution is 7.77. The topological polar surface area (TPSA) is 141 Å². The van der Waals surface area contributed by atoms with E-state index >= 15 is 0 Å². The first-order valence-electron chi connectivity index (χ1n) is 11.1. The molecule has 0 saturated heterocycles. The molecule has 1 N–H and O–H groups in total. The van der Waals surface area contributed by atoms with Gasteiger partial charge >= 0.3 is 7.52 Å². The minimum Gasteiger partial charge on any atom is -0.495 e. The summed E-state index contributed by atoms with van der Waals surface area (Å²) in [7, 11) is 2.05. The molecular weight excluding hydrogens is 487 g/mol. The van der Waals surface area contributed by atoms with Crippen molar-refractivity contribution in [1.82, 2.24) is 0 Å². The van der Waals surface area contributed by atoms with Gasteiger partial charge in [-0.2, -0.15) is 0 Å². The second-order valence-electron chi connectivity index (χ2n) is 7.64. The second-order valence-corrected chi connectivity index (χ2v) is 9.73. The fourth-order valence-corrected chi connectivity index (χ4v) is 5.46. The molecule has 0 amide bonds. The quantitative estimate of drug-likeness (QED) is 0.167. The molecule has 0 aliphatic heterocycles. The number of rotatable bonds is 12. The summed E-state index contributed by atoms with van der Waals surface area (Å²) in [6.07, 6.45) is 3.64. The van der Waals surface area contributed by atoms with Crippen molar-refractivity contribution in [1.29, 1.82) is 0 Å². The molecule has 1 atom stereocenters. The number of benzene rings is 2. The summed E-state index contributed by atoms with van der Waals surface area (Å²) in [5.74, 6) is 1.90. The van der Waals surface area contributed by atoms with E-state index in [1.54, 1.807) is 34.3 Å². The number of anilines is 1. The predicted octanol–water partition coefficient (Wildman–Crippen LogP) is 5.58. The van der Waals surface area contributed by atoms with Gasteiger partial charge in [-0.05, 0) is 71.8 Å². The zero-order chi connectivity index (χ0) is 26.3. The van der Waals surface area contributed by atoms with E-state index in [4.69, 9.17) is 29.0 Å². The molecule has 0 heterocycles. The van der Waals surface area contributed by atoms with Crippen molar-refractivity contribution < 1.29 is 32.8 Å². The summed E-state index contributed by atoms with van der Waals surface area (Å²) < 4.78 is 40.8. The summed E-state index contributed by atoms with van der Waals surface area (Å²) in [5, 5.41) is 5.99. The summed E-state index contributed by atoms with van der Waals surface area (Å²) in [4.78, 5) is 15.2. The first-order valence-corrected chi connectivity index (χ1v) is 12.8. The number of nitrogens with one attached hydrogen (secondary N) is 1. The third kappa shape index (κ3) is 5.44. The number of methoxy groups -OCH3 is 4. The van der Waals surface area contributed by atoms with Crippen molar-refractivity contribution in [2.24, 2.45) is 5.11 Å². The van der Waals surface area contributed by atoms with Crippen LogP contribution in [0.1, 0.15) is 30.0 Å². The lowest BCUT2D eigenvalue weighted by atomic mass is 9.86. The van der Waals surface area contributed by atoms with Gasteiger partial charge in [-0.3, -0.25) is 9.36 Å². The minimum atomic E-state index is -4.08. The Morgan fingerprint density at radius 2 is 1.72 bits per heavy atom. The molecule has 11 nitrogen and oxygen atoms in total. The van der Waals surface area contributed by atoms with Crippen LogP contribution in [0.3, 0.4) is 0 Å². The van der Waals surface area contributed by atoms with E-state index in [0.717, 1.165) is 35.1 Å². The Morgan fingerprint density at radius 1 is 1.06 bits per heavy atom. The molecule has 0 aromatic heterocycles. The molecule has 36 heavy (non-hydrogen) atoms. The molecule has 0 fully saturated rings. The van der Waals surface area contributed by atoms with Gasteiger partial charge in [0.1, 0.15) is 5.75 Å². The fourth-order valence-electron chi connectivity index (χ4n) is 4.02. The van der Waals surface area contributed by atoms with Gasteiger partial charge in [-0.25, -0.2) is 0 Å². The molecule has 0 spiro atoms. The lowest BCUT2D eigenvalue weighted by Crippen LogP contribution is -2.14. The largest absolute Gasteiger partial charge is 0.495 e. The van der Waals surface area contributed by atoms with Gasteiger partial charge in [-0.1, -0.05) is 11.2 Å². The van der Waals surface area contributed by atoms with Gasteiger partial charge in [0.15, 0.2) is 11.5 Å². The van der Waals surface area contributed by atoms with Crippen LogP contribution in [0, 0.1) is 0 Å². The monoisotopic (exact) mass is 516 g/mol. The third-order valence-electron chi connectivity index (χ3n) is 5.63. The number of aryl methyl sites for hydroxylation is 1. The van der Waals surface area contributed by atoms with Gasteiger partial charge in [0.05, 0.1) is 47.3 Å². The van der Waals surface area contributed by atoms with Gasteiger partial charge in [0, 0.05) is 4.91 Å². The second kappa shape index (κ2) is 11.9. The van der Waals surface area contributed by atoms with E-state index in [1.165, 1.54) is 7.11 Å². The van der Waals surface area contributed by atoms with Gasteiger partial charge in [0.2, 0.25) is 11.3 Å². The van der Waals surface area contributed by atoms with Crippen molar-refractivity contribution in [3.63, 3.8) is 0 Å². The Labute approximate surface area is 209 Å². The molecule has 12 heteroatoms. The van der Waals surface area contributed by atoms with Crippen LogP contribution in [-0.2, 0) is 20.3 Å². The van der Waals surface area contributed by atoms with Gasteiger partial charge in [0.25, 0.3) is 0 Å². The molecule has 2 aromatic rings. The number of fused-ring (bicyclic) bond motifs is 1. The third-order valence-corrected chi connectivity index (χ3v) is 7.58. The Bertz CT molecular complexity index is 1250. The molecule has 0 radical (unpaired) electrons. The van der Waals surface area contributed by atoms with E-state index in [1.807, 2.05) is 18.2 Å². The lowest BCUT2D eigenvalue weighted by molar-refractivity contribution is -0.111. The number of ether oxygens (including phenoxy) is 4. The van der Waals surface area contributed by atoms with Crippen LogP contribution in [-0.4, -0.2) is 47.1 Å². The standard InChI is InChI=1S/C24H29N4O7P/c1-6-35-36(30,23(29)14-26-28-25)27-19-13-18-15(10-20(19)31-2)8-7-9-17(18)16-11-21(32-3)24(34-5)22(12-16)33-4/h9-13H,6-8,14H2,1-5H3,(H,27,30). The van der Waals surface area contributed by atoms with Crippen LogP contribution in [0.5, 0.6) is 23.0 Å².